The van der Waals surface area contributed by atoms with Crippen LogP contribution in [0.3, 0.4) is 0 Å². The predicted octanol–water partition coefficient (Wildman–Crippen LogP) is 3.78. The molecule has 1 aliphatic rings. The lowest BCUT2D eigenvalue weighted by Crippen LogP contribution is -2.27. The van der Waals surface area contributed by atoms with Crippen LogP contribution >= 0.6 is 0 Å². The molecule has 1 amide bonds. The molecule has 158 valence electrons. The Morgan fingerprint density at radius 2 is 1.90 bits per heavy atom. The molecule has 0 aromatic heterocycles. The van der Waals surface area contributed by atoms with Crippen LogP contribution in [0.1, 0.15) is 42.9 Å². The van der Waals surface area contributed by atoms with Gasteiger partial charge >= 0.3 is 5.97 Å². The van der Waals surface area contributed by atoms with E-state index in [1.54, 1.807) is 31.4 Å². The molecule has 0 radical (unpaired) electrons. The SMILES string of the molecule is COc1ccc(C2=NN(C(=O)CCCC(=O)O)[C@@H](c3cccc(F)c3)C2)cc1OC. The summed E-state index contributed by atoms with van der Waals surface area (Å²) in [6, 6.07) is 10.9. The van der Waals surface area contributed by atoms with Crippen molar-refractivity contribution < 1.29 is 28.6 Å². The Bertz CT molecular complexity index is 976. The summed E-state index contributed by atoms with van der Waals surface area (Å²) in [5.74, 6) is -0.555. The molecule has 0 fully saturated rings. The van der Waals surface area contributed by atoms with Gasteiger partial charge in [0.1, 0.15) is 5.82 Å². The Labute approximate surface area is 173 Å². The molecular weight excluding hydrogens is 391 g/mol. The molecule has 3 rings (SSSR count). The van der Waals surface area contributed by atoms with Crippen LogP contribution in [0.15, 0.2) is 47.6 Å². The monoisotopic (exact) mass is 414 g/mol. The van der Waals surface area contributed by atoms with Gasteiger partial charge in [-0.3, -0.25) is 9.59 Å². The lowest BCUT2D eigenvalue weighted by molar-refractivity contribution is -0.137. The fourth-order valence-corrected chi connectivity index (χ4v) is 3.41. The van der Waals surface area contributed by atoms with Crippen molar-refractivity contribution in [3.63, 3.8) is 0 Å². The third kappa shape index (κ3) is 4.76. The lowest BCUT2D eigenvalue weighted by Gasteiger charge is -2.22. The number of rotatable bonds is 8. The van der Waals surface area contributed by atoms with Crippen molar-refractivity contribution >= 4 is 17.6 Å². The van der Waals surface area contributed by atoms with Gasteiger partial charge in [-0.15, -0.1) is 0 Å². The summed E-state index contributed by atoms with van der Waals surface area (Å²) >= 11 is 0. The molecule has 0 saturated heterocycles. The van der Waals surface area contributed by atoms with Gasteiger partial charge in [0.15, 0.2) is 11.5 Å². The summed E-state index contributed by atoms with van der Waals surface area (Å²) in [4.78, 5) is 23.5. The Morgan fingerprint density at radius 3 is 2.57 bits per heavy atom. The zero-order valence-electron chi connectivity index (χ0n) is 16.8. The predicted molar refractivity (Wildman–Crippen MR) is 108 cm³/mol. The molecule has 0 unspecified atom stereocenters. The second kappa shape index (κ2) is 9.39. The fourth-order valence-electron chi connectivity index (χ4n) is 3.41. The average molecular weight is 414 g/mol. The number of amides is 1. The van der Waals surface area contributed by atoms with Gasteiger partial charge in [-0.2, -0.15) is 5.10 Å². The van der Waals surface area contributed by atoms with Crippen molar-refractivity contribution in [3.05, 3.63) is 59.4 Å². The Balaban J connectivity index is 1.91. The van der Waals surface area contributed by atoms with Gasteiger partial charge in [-0.1, -0.05) is 12.1 Å². The minimum absolute atomic E-state index is 0.0425. The second-order valence-electron chi connectivity index (χ2n) is 6.88. The van der Waals surface area contributed by atoms with E-state index in [0.717, 1.165) is 5.56 Å². The molecule has 1 N–H and O–H groups in total. The highest BCUT2D eigenvalue weighted by Gasteiger charge is 2.33. The van der Waals surface area contributed by atoms with Crippen molar-refractivity contribution in [2.24, 2.45) is 5.10 Å². The maximum absolute atomic E-state index is 13.8. The van der Waals surface area contributed by atoms with Crippen molar-refractivity contribution in [2.75, 3.05) is 14.2 Å². The van der Waals surface area contributed by atoms with Crippen molar-refractivity contribution in [1.29, 1.82) is 0 Å². The molecular formula is C22H23FN2O5. The Morgan fingerprint density at radius 1 is 1.13 bits per heavy atom. The number of aliphatic carboxylic acids is 1. The number of nitrogens with zero attached hydrogens (tertiary/aromatic N) is 2. The number of halogens is 1. The van der Waals surface area contributed by atoms with Crippen LogP contribution in [0.25, 0.3) is 0 Å². The number of carbonyl (C=O) groups is 2. The van der Waals surface area contributed by atoms with E-state index >= 15 is 0 Å². The first-order valence-corrected chi connectivity index (χ1v) is 9.52. The third-order valence-electron chi connectivity index (χ3n) is 4.90. The summed E-state index contributed by atoms with van der Waals surface area (Å²) in [5.41, 5.74) is 2.03. The minimum atomic E-state index is -0.958. The Hall–Kier alpha value is -3.42. The van der Waals surface area contributed by atoms with Crippen LogP contribution < -0.4 is 9.47 Å². The van der Waals surface area contributed by atoms with E-state index in [2.05, 4.69) is 5.10 Å². The standard InChI is InChI=1S/C22H23FN2O5/c1-29-19-10-9-14(12-20(19)30-2)17-13-18(15-5-3-6-16(23)11-15)25(24-17)21(26)7-4-8-22(27)28/h3,5-6,9-12,18H,4,7-8,13H2,1-2H3,(H,27,28)/t18-/m1/s1. The van der Waals surface area contributed by atoms with Crippen molar-refractivity contribution in [1.82, 2.24) is 5.01 Å². The number of methoxy groups -OCH3 is 2. The average Bonchev–Trinajstić information content (AvgIpc) is 3.18. The summed E-state index contributed by atoms with van der Waals surface area (Å²) in [5, 5.41) is 14.7. The van der Waals surface area contributed by atoms with Crippen LogP contribution in [-0.2, 0) is 9.59 Å². The van der Waals surface area contributed by atoms with E-state index < -0.39 is 17.8 Å². The molecule has 7 nitrogen and oxygen atoms in total. The van der Waals surface area contributed by atoms with Gasteiger partial charge in [0.05, 0.1) is 26.0 Å². The van der Waals surface area contributed by atoms with E-state index in [4.69, 9.17) is 14.6 Å². The number of carboxylic acid groups (broad SMARTS) is 1. The second-order valence-corrected chi connectivity index (χ2v) is 6.88. The topological polar surface area (TPSA) is 88.4 Å². The summed E-state index contributed by atoms with van der Waals surface area (Å²) in [6.45, 7) is 0. The summed E-state index contributed by atoms with van der Waals surface area (Å²) < 4.78 is 24.4. The van der Waals surface area contributed by atoms with E-state index in [-0.39, 0.29) is 25.2 Å². The fraction of sp³-hybridized carbons (Fsp3) is 0.318. The molecule has 1 atom stereocenters. The van der Waals surface area contributed by atoms with Gasteiger partial charge in [0.25, 0.3) is 0 Å². The number of hydrogen-bond acceptors (Lipinski definition) is 5. The highest BCUT2D eigenvalue weighted by molar-refractivity contribution is 6.03. The van der Waals surface area contributed by atoms with Gasteiger partial charge in [0, 0.05) is 24.8 Å². The van der Waals surface area contributed by atoms with Crippen LogP contribution in [-0.4, -0.2) is 41.9 Å². The maximum Gasteiger partial charge on any atom is 0.303 e. The number of carbonyl (C=O) groups excluding carboxylic acids is 1. The zero-order chi connectivity index (χ0) is 21.7. The van der Waals surface area contributed by atoms with E-state index in [1.165, 1.54) is 24.3 Å². The summed E-state index contributed by atoms with van der Waals surface area (Å²) in [7, 11) is 3.08. The molecule has 0 bridgehead atoms. The molecule has 0 spiro atoms. The third-order valence-corrected chi connectivity index (χ3v) is 4.90. The maximum atomic E-state index is 13.8. The van der Waals surface area contributed by atoms with Crippen LogP contribution in [0.5, 0.6) is 11.5 Å². The summed E-state index contributed by atoms with van der Waals surface area (Å²) in [6.07, 6.45) is 0.544. The largest absolute Gasteiger partial charge is 0.493 e. The van der Waals surface area contributed by atoms with Crippen LogP contribution in [0.2, 0.25) is 0 Å². The highest BCUT2D eigenvalue weighted by Crippen LogP contribution is 2.36. The Kier molecular flexibility index (Phi) is 6.66. The first-order valence-electron chi connectivity index (χ1n) is 9.52. The van der Waals surface area contributed by atoms with E-state index in [0.29, 0.717) is 29.2 Å². The molecule has 8 heteroatoms. The molecule has 1 aliphatic heterocycles. The van der Waals surface area contributed by atoms with Crippen molar-refractivity contribution in [3.8, 4) is 11.5 Å². The van der Waals surface area contributed by atoms with Gasteiger partial charge in [-0.05, 0) is 42.3 Å². The molecule has 2 aromatic carbocycles. The quantitative estimate of drug-likeness (QED) is 0.710. The number of hydrazone groups is 1. The van der Waals surface area contributed by atoms with Crippen LogP contribution in [0, 0.1) is 5.82 Å². The van der Waals surface area contributed by atoms with Crippen LogP contribution in [0.4, 0.5) is 4.39 Å². The molecule has 0 aliphatic carbocycles. The normalized spacial score (nSPS) is 15.6. The van der Waals surface area contributed by atoms with E-state index in [9.17, 15) is 14.0 Å². The molecule has 0 saturated carbocycles. The zero-order valence-corrected chi connectivity index (χ0v) is 16.8. The smallest absolute Gasteiger partial charge is 0.303 e. The number of ether oxygens (including phenoxy) is 2. The van der Waals surface area contributed by atoms with Gasteiger partial charge in [-0.25, -0.2) is 9.40 Å². The van der Waals surface area contributed by atoms with Gasteiger partial charge < -0.3 is 14.6 Å². The first-order chi connectivity index (χ1) is 14.4. The van der Waals surface area contributed by atoms with Gasteiger partial charge in [0.2, 0.25) is 5.91 Å². The molecule has 2 aromatic rings. The number of hydrogen-bond donors (Lipinski definition) is 1. The molecule has 1 heterocycles. The number of benzene rings is 2. The molecule has 30 heavy (non-hydrogen) atoms. The highest BCUT2D eigenvalue weighted by atomic mass is 19.1. The van der Waals surface area contributed by atoms with Crippen molar-refractivity contribution in [2.45, 2.75) is 31.7 Å². The minimum Gasteiger partial charge on any atom is -0.493 e. The van der Waals surface area contributed by atoms with E-state index in [1.807, 2.05) is 6.07 Å². The first kappa shape index (κ1) is 21.3. The number of carboxylic acids is 1. The lowest BCUT2D eigenvalue weighted by atomic mass is 9.98.